The smallest absolute Gasteiger partial charge is 0.416 e. The number of carbonyl (C=O) groups excluding carboxylic acids is 2. The summed E-state index contributed by atoms with van der Waals surface area (Å²) < 4.78 is 4.66. The van der Waals surface area contributed by atoms with Gasteiger partial charge in [0.05, 0.1) is 6.54 Å². The van der Waals surface area contributed by atoms with Gasteiger partial charge in [0.2, 0.25) is 0 Å². The fourth-order valence-corrected chi connectivity index (χ4v) is 1.71. The van der Waals surface area contributed by atoms with Crippen molar-refractivity contribution in [2.45, 2.75) is 0 Å². The zero-order chi connectivity index (χ0) is 15.6. The van der Waals surface area contributed by atoms with Crippen molar-refractivity contribution in [2.24, 2.45) is 0 Å². The Labute approximate surface area is 128 Å². The van der Waals surface area contributed by atoms with Crippen LogP contribution in [0.1, 0.15) is 5.56 Å². The molecule has 0 unspecified atom stereocenters. The molecule has 0 N–H and O–H groups in total. The minimum atomic E-state index is -0.579. The Bertz CT molecular complexity index is 600. The number of rotatable bonds is 2. The molecule has 0 saturated carbocycles. The minimum absolute atomic E-state index is 0.271. The summed E-state index contributed by atoms with van der Waals surface area (Å²) >= 11 is 0. The van der Waals surface area contributed by atoms with Crippen molar-refractivity contribution in [3.05, 3.63) is 72.6 Å². The summed E-state index contributed by atoms with van der Waals surface area (Å²) in [7, 11) is 0. The second-order valence-corrected chi connectivity index (χ2v) is 4.37. The molecule has 2 amide bonds. The fourth-order valence-electron chi connectivity index (χ4n) is 1.71. The average molecular weight is 296 g/mol. The molecule has 2 heterocycles. The molecule has 112 valence electrons. The molecule has 5 heteroatoms. The van der Waals surface area contributed by atoms with E-state index >= 15 is 0 Å². The van der Waals surface area contributed by atoms with E-state index in [0.717, 1.165) is 10.5 Å². The van der Waals surface area contributed by atoms with Crippen molar-refractivity contribution >= 4 is 18.1 Å². The summed E-state index contributed by atoms with van der Waals surface area (Å²) in [6.07, 6.45) is 5.67. The maximum Gasteiger partial charge on any atom is 0.416 e. The van der Waals surface area contributed by atoms with E-state index in [9.17, 15) is 9.59 Å². The molecule has 5 nitrogen and oxygen atoms in total. The van der Waals surface area contributed by atoms with Gasteiger partial charge < -0.3 is 4.74 Å². The van der Waals surface area contributed by atoms with Crippen LogP contribution in [0.25, 0.3) is 6.08 Å². The molecule has 0 bridgehead atoms. The zero-order valence-corrected chi connectivity index (χ0v) is 12.0. The van der Waals surface area contributed by atoms with Gasteiger partial charge in [-0.05, 0) is 23.8 Å². The molecule has 0 radical (unpaired) electrons. The number of amides is 2. The van der Waals surface area contributed by atoms with Crippen molar-refractivity contribution in [3.8, 4) is 0 Å². The highest BCUT2D eigenvalue weighted by atomic mass is 16.6. The van der Waals surface area contributed by atoms with Crippen molar-refractivity contribution in [1.82, 2.24) is 9.88 Å². The molecular formula is C17H16N2O3. The molecule has 1 saturated heterocycles. The highest BCUT2D eigenvalue weighted by Gasteiger charge is 2.26. The molecule has 0 aliphatic carbocycles. The van der Waals surface area contributed by atoms with Crippen LogP contribution in [0.5, 0.6) is 0 Å². The summed E-state index contributed by atoms with van der Waals surface area (Å²) in [5.74, 6) is -0.362. The van der Waals surface area contributed by atoms with Crippen LogP contribution in [-0.4, -0.2) is 35.0 Å². The Morgan fingerprint density at radius 3 is 2.18 bits per heavy atom. The van der Waals surface area contributed by atoms with E-state index in [0.29, 0.717) is 6.54 Å². The third-order valence-corrected chi connectivity index (χ3v) is 2.82. The first-order valence-electron chi connectivity index (χ1n) is 6.84. The summed E-state index contributed by atoms with van der Waals surface area (Å²) in [6.45, 7) is 0.589. The van der Waals surface area contributed by atoms with Crippen molar-refractivity contribution in [2.75, 3.05) is 13.2 Å². The maximum absolute atomic E-state index is 11.6. The zero-order valence-electron chi connectivity index (χ0n) is 12.0. The predicted molar refractivity (Wildman–Crippen MR) is 82.8 cm³/mol. The van der Waals surface area contributed by atoms with E-state index in [2.05, 4.69) is 9.72 Å². The first kappa shape index (κ1) is 15.4. The van der Waals surface area contributed by atoms with Gasteiger partial charge in [-0.1, -0.05) is 36.4 Å². The van der Waals surface area contributed by atoms with Gasteiger partial charge >= 0.3 is 6.09 Å². The molecule has 22 heavy (non-hydrogen) atoms. The third-order valence-electron chi connectivity index (χ3n) is 2.82. The van der Waals surface area contributed by atoms with E-state index in [1.165, 1.54) is 6.08 Å². The number of imide groups is 1. The van der Waals surface area contributed by atoms with Gasteiger partial charge in [0, 0.05) is 18.5 Å². The van der Waals surface area contributed by atoms with E-state index in [1.807, 2.05) is 36.4 Å². The van der Waals surface area contributed by atoms with Gasteiger partial charge in [-0.25, -0.2) is 9.69 Å². The number of cyclic esters (lactones) is 1. The molecule has 0 spiro atoms. The lowest BCUT2D eigenvalue weighted by atomic mass is 10.2. The standard InChI is InChI=1S/C11H10N2O3.C6H6/c14-10(13-7-8-16-11(13)15)2-1-9-3-5-12-6-4-9;1-2-4-6-5-3-1/h1-6H,7-8H2;1-6H/b2-1+;. The molecular weight excluding hydrogens is 280 g/mol. The van der Waals surface area contributed by atoms with Gasteiger partial charge in [0.1, 0.15) is 6.61 Å². The quantitative estimate of drug-likeness (QED) is 0.800. The van der Waals surface area contributed by atoms with Crippen LogP contribution < -0.4 is 0 Å². The highest BCUT2D eigenvalue weighted by molar-refractivity contribution is 6.01. The lowest BCUT2D eigenvalue weighted by Crippen LogP contribution is -2.29. The highest BCUT2D eigenvalue weighted by Crippen LogP contribution is 2.06. The van der Waals surface area contributed by atoms with Crippen LogP contribution in [0.3, 0.4) is 0 Å². The molecule has 2 aromatic rings. The number of benzene rings is 1. The normalized spacial score (nSPS) is 13.5. The SMILES string of the molecule is O=C(/C=C/c1ccncc1)N1CCOC1=O.c1ccccc1. The third kappa shape index (κ3) is 4.86. The molecule has 1 aliphatic heterocycles. The van der Waals surface area contributed by atoms with Crippen LogP contribution in [0, 0.1) is 0 Å². The Morgan fingerprint density at radius 2 is 1.68 bits per heavy atom. The van der Waals surface area contributed by atoms with E-state index in [-0.39, 0.29) is 12.5 Å². The lowest BCUT2D eigenvalue weighted by molar-refractivity contribution is -0.122. The number of pyridine rings is 1. The number of hydrogen-bond donors (Lipinski definition) is 0. The average Bonchev–Trinajstić information content (AvgIpc) is 3.02. The molecule has 1 aromatic carbocycles. The van der Waals surface area contributed by atoms with E-state index < -0.39 is 6.09 Å². The van der Waals surface area contributed by atoms with Gasteiger partial charge in [0.25, 0.3) is 5.91 Å². The van der Waals surface area contributed by atoms with Gasteiger partial charge in [-0.2, -0.15) is 0 Å². The molecule has 0 atom stereocenters. The first-order valence-corrected chi connectivity index (χ1v) is 6.84. The summed E-state index contributed by atoms with van der Waals surface area (Å²) in [6, 6.07) is 15.5. The van der Waals surface area contributed by atoms with Gasteiger partial charge in [-0.15, -0.1) is 0 Å². The van der Waals surface area contributed by atoms with Gasteiger partial charge in [-0.3, -0.25) is 9.78 Å². The number of nitrogens with zero attached hydrogens (tertiary/aromatic N) is 2. The second kappa shape index (κ2) is 8.36. The van der Waals surface area contributed by atoms with Crippen molar-refractivity contribution in [3.63, 3.8) is 0 Å². The number of carbonyl (C=O) groups is 2. The van der Waals surface area contributed by atoms with Crippen LogP contribution in [0.15, 0.2) is 67.0 Å². The fraction of sp³-hybridized carbons (Fsp3) is 0.118. The predicted octanol–water partition coefficient (Wildman–Crippen LogP) is 2.76. The van der Waals surface area contributed by atoms with E-state index in [4.69, 9.17) is 0 Å². The summed E-state index contributed by atoms with van der Waals surface area (Å²) in [5, 5.41) is 0. The van der Waals surface area contributed by atoms with Crippen LogP contribution in [-0.2, 0) is 9.53 Å². The van der Waals surface area contributed by atoms with Gasteiger partial charge in [0.15, 0.2) is 0 Å². The maximum atomic E-state index is 11.6. The minimum Gasteiger partial charge on any atom is -0.447 e. The Hall–Kier alpha value is -2.95. The largest absolute Gasteiger partial charge is 0.447 e. The summed E-state index contributed by atoms with van der Waals surface area (Å²) in [5.41, 5.74) is 0.857. The summed E-state index contributed by atoms with van der Waals surface area (Å²) in [4.78, 5) is 27.5. The van der Waals surface area contributed by atoms with Crippen molar-refractivity contribution < 1.29 is 14.3 Å². The number of aromatic nitrogens is 1. The molecule has 3 rings (SSSR count). The molecule has 1 aliphatic rings. The number of hydrogen-bond acceptors (Lipinski definition) is 4. The Kier molecular flexibility index (Phi) is 5.87. The Morgan fingerprint density at radius 1 is 1.09 bits per heavy atom. The topological polar surface area (TPSA) is 59.5 Å². The van der Waals surface area contributed by atoms with Crippen LogP contribution in [0.4, 0.5) is 4.79 Å². The monoisotopic (exact) mass is 296 g/mol. The first-order chi connectivity index (χ1) is 10.8. The molecule has 1 fully saturated rings. The second-order valence-electron chi connectivity index (χ2n) is 4.37. The molecule has 1 aromatic heterocycles. The lowest BCUT2D eigenvalue weighted by Gasteiger charge is -2.06. The van der Waals surface area contributed by atoms with Crippen LogP contribution in [0.2, 0.25) is 0 Å². The van der Waals surface area contributed by atoms with Crippen molar-refractivity contribution in [1.29, 1.82) is 0 Å². The Balaban J connectivity index is 0.000000246. The van der Waals surface area contributed by atoms with Crippen LogP contribution >= 0.6 is 0 Å². The van der Waals surface area contributed by atoms with E-state index in [1.54, 1.807) is 30.6 Å². The number of ether oxygens (including phenoxy) is 1.